The molecular formula is CH5BO7. The summed E-state index contributed by atoms with van der Waals surface area (Å²) in [5.41, 5.74) is 0. The number of rotatable bonds is 1. The lowest BCUT2D eigenvalue weighted by Gasteiger charge is -1.82. The van der Waals surface area contributed by atoms with Crippen molar-refractivity contribution in [3.8, 4) is 0 Å². The molecule has 0 aromatic carbocycles. The molecule has 0 radical (unpaired) electrons. The van der Waals surface area contributed by atoms with E-state index in [1.165, 1.54) is 0 Å². The molecule has 0 saturated carbocycles. The van der Waals surface area contributed by atoms with Crippen LogP contribution in [0.5, 0.6) is 0 Å². The number of carbonyl (C=O) groups is 1. The SMILES string of the molecule is O=C(O)O.OOB(O)O. The maximum absolute atomic E-state index is 8.56. The van der Waals surface area contributed by atoms with E-state index in [1.807, 2.05) is 0 Å². The van der Waals surface area contributed by atoms with Crippen molar-refractivity contribution in [2.24, 2.45) is 0 Å². The molecule has 0 bridgehead atoms. The first kappa shape index (κ1) is 11.0. The minimum absolute atomic E-state index is 1.83. The highest BCUT2D eigenvalue weighted by molar-refractivity contribution is 6.32. The van der Waals surface area contributed by atoms with Gasteiger partial charge in [0.2, 0.25) is 0 Å². The molecule has 0 saturated heterocycles. The third-order valence-electron chi connectivity index (χ3n) is 0.0943. The second-order valence-electron chi connectivity index (χ2n) is 0.714. The molecule has 54 valence electrons. The summed E-state index contributed by atoms with van der Waals surface area (Å²) in [6, 6.07) is 0. The van der Waals surface area contributed by atoms with Crippen molar-refractivity contribution in [1.29, 1.82) is 0 Å². The van der Waals surface area contributed by atoms with E-state index >= 15 is 0 Å². The molecule has 0 aromatic rings. The largest absolute Gasteiger partial charge is 0.662 e. The van der Waals surface area contributed by atoms with Crippen LogP contribution in [-0.2, 0) is 4.81 Å². The van der Waals surface area contributed by atoms with E-state index in [0.717, 1.165) is 0 Å². The van der Waals surface area contributed by atoms with E-state index in [9.17, 15) is 0 Å². The van der Waals surface area contributed by atoms with Crippen molar-refractivity contribution in [3.05, 3.63) is 0 Å². The lowest BCUT2D eigenvalue weighted by molar-refractivity contribution is -0.173. The van der Waals surface area contributed by atoms with Crippen molar-refractivity contribution in [2.45, 2.75) is 0 Å². The van der Waals surface area contributed by atoms with Crippen LogP contribution in [0.1, 0.15) is 0 Å². The van der Waals surface area contributed by atoms with Gasteiger partial charge in [0.25, 0.3) is 0 Å². The van der Waals surface area contributed by atoms with Gasteiger partial charge in [0.05, 0.1) is 0 Å². The quantitative estimate of drug-likeness (QED) is 0.173. The summed E-state index contributed by atoms with van der Waals surface area (Å²) in [6.07, 6.45) is -1.83. The molecule has 0 aliphatic heterocycles. The Morgan fingerprint density at radius 1 is 1.33 bits per heavy atom. The van der Waals surface area contributed by atoms with Crippen LogP contribution in [0.4, 0.5) is 4.79 Å². The van der Waals surface area contributed by atoms with Crippen molar-refractivity contribution >= 4 is 13.5 Å². The molecule has 0 amide bonds. The van der Waals surface area contributed by atoms with Crippen LogP contribution in [0, 0.1) is 0 Å². The Bertz CT molecular complexity index is 65.3. The van der Waals surface area contributed by atoms with Crippen LogP contribution >= 0.6 is 0 Å². The lowest BCUT2D eigenvalue weighted by Crippen LogP contribution is -2.13. The molecule has 0 heterocycles. The molecule has 0 rings (SSSR count). The van der Waals surface area contributed by atoms with E-state index in [1.54, 1.807) is 0 Å². The number of hydrogen-bond donors (Lipinski definition) is 5. The molecule has 7 nitrogen and oxygen atoms in total. The summed E-state index contributed by atoms with van der Waals surface area (Å²) < 4.78 is 0. The van der Waals surface area contributed by atoms with Crippen molar-refractivity contribution in [3.63, 3.8) is 0 Å². The number of hydrogen-bond acceptors (Lipinski definition) is 5. The Morgan fingerprint density at radius 3 is 1.44 bits per heavy atom. The van der Waals surface area contributed by atoms with Gasteiger partial charge >= 0.3 is 13.5 Å². The van der Waals surface area contributed by atoms with Gasteiger partial charge in [0.15, 0.2) is 0 Å². The lowest BCUT2D eigenvalue weighted by atomic mass is 10.3. The third-order valence-corrected chi connectivity index (χ3v) is 0.0943. The van der Waals surface area contributed by atoms with E-state index in [0.29, 0.717) is 0 Å². The predicted molar refractivity (Wildman–Crippen MR) is 24.6 cm³/mol. The second-order valence-corrected chi connectivity index (χ2v) is 0.714. The van der Waals surface area contributed by atoms with Gasteiger partial charge < -0.3 is 20.3 Å². The average molecular weight is 140 g/mol. The molecule has 9 heavy (non-hydrogen) atoms. The summed E-state index contributed by atoms with van der Waals surface area (Å²) in [5, 5.41) is 36.0. The highest BCUT2D eigenvalue weighted by Crippen LogP contribution is 1.58. The average Bonchev–Trinajstić information content (AvgIpc) is 1.65. The Labute approximate surface area is 49.8 Å². The van der Waals surface area contributed by atoms with Crippen LogP contribution in [-0.4, -0.2) is 39.0 Å². The van der Waals surface area contributed by atoms with Crippen LogP contribution in [0.15, 0.2) is 0 Å². The molecule has 0 aliphatic rings. The van der Waals surface area contributed by atoms with Crippen molar-refractivity contribution in [2.75, 3.05) is 0 Å². The molecule has 0 aromatic heterocycles. The number of carboxylic acid groups (broad SMARTS) is 2. The monoisotopic (exact) mass is 140 g/mol. The maximum atomic E-state index is 8.56. The molecule has 5 N–H and O–H groups in total. The minimum atomic E-state index is -2.06. The highest BCUT2D eigenvalue weighted by Gasteiger charge is 2.03. The fourth-order valence-corrected chi connectivity index (χ4v) is 0. The summed E-state index contributed by atoms with van der Waals surface area (Å²) in [7, 11) is -2.06. The summed E-state index contributed by atoms with van der Waals surface area (Å²) in [6.45, 7) is 0. The molecule has 0 spiro atoms. The van der Waals surface area contributed by atoms with Gasteiger partial charge in [-0.15, -0.1) is 0 Å². The highest BCUT2D eigenvalue weighted by atomic mass is 17.1. The van der Waals surface area contributed by atoms with E-state index in [-0.39, 0.29) is 0 Å². The normalized spacial score (nSPS) is 7.00. The van der Waals surface area contributed by atoms with Crippen LogP contribution < -0.4 is 0 Å². The second kappa shape index (κ2) is 7.17. The first-order chi connectivity index (χ1) is 4.00. The third kappa shape index (κ3) is 139. The maximum Gasteiger partial charge on any atom is 0.662 e. The van der Waals surface area contributed by atoms with Crippen LogP contribution in [0.2, 0.25) is 0 Å². The summed E-state index contributed by atoms with van der Waals surface area (Å²) in [5.74, 6) is 0. The van der Waals surface area contributed by atoms with Gasteiger partial charge in [-0.05, 0) is 0 Å². The predicted octanol–water partition coefficient (Wildman–Crippen LogP) is -1.33. The Hall–Kier alpha value is -0.825. The standard InChI is InChI=1S/CH2O3.BH3O4/c2-1(3)4;2-1(3)5-4/h(H2,2,3,4);2-4H. The van der Waals surface area contributed by atoms with Gasteiger partial charge in [-0.2, -0.15) is 0 Å². The van der Waals surface area contributed by atoms with E-state index < -0.39 is 13.5 Å². The first-order valence-electron chi connectivity index (χ1n) is 1.59. The first-order valence-corrected chi connectivity index (χ1v) is 1.59. The van der Waals surface area contributed by atoms with Crippen LogP contribution in [0.25, 0.3) is 0 Å². The van der Waals surface area contributed by atoms with Gasteiger partial charge in [0.1, 0.15) is 0 Å². The fourth-order valence-electron chi connectivity index (χ4n) is 0. The van der Waals surface area contributed by atoms with Gasteiger partial charge in [0, 0.05) is 0 Å². The van der Waals surface area contributed by atoms with Gasteiger partial charge in [-0.1, -0.05) is 0 Å². The molecule has 8 heteroatoms. The smallest absolute Gasteiger partial charge is 0.450 e. The molecule has 0 unspecified atom stereocenters. The fraction of sp³-hybridized carbons (Fsp3) is 0. The molecule has 0 fully saturated rings. The van der Waals surface area contributed by atoms with E-state index in [2.05, 4.69) is 4.81 Å². The molecule has 0 atom stereocenters. The minimum Gasteiger partial charge on any atom is -0.450 e. The zero-order valence-electron chi connectivity index (χ0n) is 4.13. The zero-order chi connectivity index (χ0) is 7.86. The van der Waals surface area contributed by atoms with Gasteiger partial charge in [-0.3, -0.25) is 5.26 Å². The van der Waals surface area contributed by atoms with Gasteiger partial charge in [-0.25, -0.2) is 9.60 Å². The Balaban J connectivity index is 0. The topological polar surface area (TPSA) is 127 Å². The van der Waals surface area contributed by atoms with Crippen LogP contribution in [0.3, 0.4) is 0 Å². The van der Waals surface area contributed by atoms with E-state index in [4.69, 9.17) is 30.3 Å². The van der Waals surface area contributed by atoms with Crippen molar-refractivity contribution in [1.82, 2.24) is 0 Å². The summed E-state index contributed by atoms with van der Waals surface area (Å²) >= 11 is 0. The molecule has 0 aliphatic carbocycles. The zero-order valence-corrected chi connectivity index (χ0v) is 4.13. The Kier molecular flexibility index (Phi) is 8.80. The molecular weight excluding hydrogens is 135 g/mol. The van der Waals surface area contributed by atoms with Crippen molar-refractivity contribution < 1.29 is 35.1 Å². The Morgan fingerprint density at radius 2 is 1.44 bits per heavy atom. The summed E-state index contributed by atoms with van der Waals surface area (Å²) in [4.78, 5) is 11.4.